The number of aromatic nitrogens is 2. The third kappa shape index (κ3) is 3.89. The molecule has 1 aliphatic heterocycles. The van der Waals surface area contributed by atoms with Gasteiger partial charge < -0.3 is 14.0 Å². The van der Waals surface area contributed by atoms with Gasteiger partial charge in [0, 0.05) is 13.1 Å². The zero-order valence-corrected chi connectivity index (χ0v) is 13.9. The van der Waals surface area contributed by atoms with E-state index < -0.39 is 0 Å². The molecule has 1 saturated heterocycles. The molecule has 6 heteroatoms. The second-order valence-corrected chi connectivity index (χ2v) is 5.90. The van der Waals surface area contributed by atoms with Crippen molar-refractivity contribution in [2.75, 3.05) is 26.3 Å². The Balaban J connectivity index is 1.62. The molecular formula is C17H23N3O3. The molecule has 1 fully saturated rings. The van der Waals surface area contributed by atoms with Crippen LogP contribution < -0.4 is 4.74 Å². The van der Waals surface area contributed by atoms with Gasteiger partial charge in [-0.15, -0.1) is 0 Å². The molecule has 1 aromatic carbocycles. The number of benzene rings is 1. The normalized spacial score (nSPS) is 22.2. The summed E-state index contributed by atoms with van der Waals surface area (Å²) in [6.07, 6.45) is 0.0163. The quantitative estimate of drug-likeness (QED) is 0.844. The van der Waals surface area contributed by atoms with Gasteiger partial charge in [0.2, 0.25) is 5.89 Å². The van der Waals surface area contributed by atoms with Gasteiger partial charge >= 0.3 is 0 Å². The van der Waals surface area contributed by atoms with Gasteiger partial charge in [0.15, 0.2) is 5.82 Å². The molecule has 0 aliphatic carbocycles. The molecule has 0 saturated carbocycles. The summed E-state index contributed by atoms with van der Waals surface area (Å²) in [7, 11) is 0. The van der Waals surface area contributed by atoms with E-state index in [1.807, 2.05) is 32.0 Å². The molecule has 0 unspecified atom stereocenters. The van der Waals surface area contributed by atoms with Crippen LogP contribution in [-0.2, 0) is 4.74 Å². The average Bonchev–Trinajstić information content (AvgIpc) is 2.93. The van der Waals surface area contributed by atoms with E-state index in [1.165, 1.54) is 5.56 Å². The molecule has 2 atom stereocenters. The lowest BCUT2D eigenvalue weighted by Gasteiger charge is -2.37. The van der Waals surface area contributed by atoms with Crippen LogP contribution in [0.2, 0.25) is 0 Å². The molecule has 3 rings (SSSR count). The van der Waals surface area contributed by atoms with E-state index >= 15 is 0 Å². The zero-order valence-electron chi connectivity index (χ0n) is 13.9. The maximum Gasteiger partial charge on any atom is 0.246 e. The van der Waals surface area contributed by atoms with Crippen LogP contribution >= 0.6 is 0 Å². The average molecular weight is 317 g/mol. The standard InChI is InChI=1S/C17H23N3O3/c1-12-5-4-6-15(11-12)22-10-8-20-7-9-21-13(2)16(20)17-18-14(3)19-23-17/h4-6,11,13,16H,7-10H2,1-3H3/t13-,16+/m1/s1. The summed E-state index contributed by atoms with van der Waals surface area (Å²) in [6, 6.07) is 8.07. The SMILES string of the molecule is Cc1cccc(OCCN2CCO[C@H](C)[C@H]2c2nc(C)no2)c1. The Morgan fingerprint density at radius 2 is 2.22 bits per heavy atom. The third-order valence-electron chi connectivity index (χ3n) is 4.03. The minimum Gasteiger partial charge on any atom is -0.492 e. The molecule has 124 valence electrons. The van der Waals surface area contributed by atoms with E-state index in [1.54, 1.807) is 0 Å². The fourth-order valence-electron chi connectivity index (χ4n) is 2.91. The number of hydrogen-bond acceptors (Lipinski definition) is 6. The molecule has 0 amide bonds. The predicted molar refractivity (Wildman–Crippen MR) is 85.4 cm³/mol. The minimum absolute atomic E-state index is 0.0163. The van der Waals surface area contributed by atoms with Crippen LogP contribution in [0.4, 0.5) is 0 Å². The van der Waals surface area contributed by atoms with Crippen molar-refractivity contribution in [1.82, 2.24) is 15.0 Å². The smallest absolute Gasteiger partial charge is 0.246 e. The summed E-state index contributed by atoms with van der Waals surface area (Å²) in [6.45, 7) is 8.85. The first kappa shape index (κ1) is 16.0. The molecule has 2 heterocycles. The Bertz CT molecular complexity index is 644. The summed E-state index contributed by atoms with van der Waals surface area (Å²) in [5.74, 6) is 2.16. The molecule has 0 N–H and O–H groups in total. The second-order valence-electron chi connectivity index (χ2n) is 5.90. The van der Waals surface area contributed by atoms with E-state index in [-0.39, 0.29) is 12.1 Å². The number of nitrogens with zero attached hydrogens (tertiary/aromatic N) is 3. The Hall–Kier alpha value is -1.92. The maximum atomic E-state index is 5.87. The van der Waals surface area contributed by atoms with Gasteiger partial charge in [-0.05, 0) is 38.5 Å². The van der Waals surface area contributed by atoms with Gasteiger partial charge in [0.05, 0.1) is 12.7 Å². The van der Waals surface area contributed by atoms with E-state index in [9.17, 15) is 0 Å². The number of hydrogen-bond donors (Lipinski definition) is 0. The van der Waals surface area contributed by atoms with Crippen molar-refractivity contribution >= 4 is 0 Å². The lowest BCUT2D eigenvalue weighted by atomic mass is 10.1. The predicted octanol–water partition coefficient (Wildman–Crippen LogP) is 2.53. The Labute approximate surface area is 136 Å². The van der Waals surface area contributed by atoms with Crippen LogP contribution in [0.5, 0.6) is 5.75 Å². The Morgan fingerprint density at radius 1 is 1.35 bits per heavy atom. The first-order chi connectivity index (χ1) is 11.1. The van der Waals surface area contributed by atoms with E-state index in [2.05, 4.69) is 28.0 Å². The van der Waals surface area contributed by atoms with Gasteiger partial charge in [0.25, 0.3) is 0 Å². The van der Waals surface area contributed by atoms with Crippen LogP contribution in [0.15, 0.2) is 28.8 Å². The monoisotopic (exact) mass is 317 g/mol. The molecular weight excluding hydrogens is 294 g/mol. The first-order valence-electron chi connectivity index (χ1n) is 7.99. The number of rotatable bonds is 5. The molecule has 0 bridgehead atoms. The number of aryl methyl sites for hydroxylation is 2. The summed E-state index contributed by atoms with van der Waals surface area (Å²) < 4.78 is 17.0. The molecule has 1 aliphatic rings. The van der Waals surface area contributed by atoms with Crippen LogP contribution in [0.3, 0.4) is 0 Å². The van der Waals surface area contributed by atoms with Crippen LogP contribution in [0.1, 0.15) is 30.2 Å². The van der Waals surface area contributed by atoms with Crippen LogP contribution in [0.25, 0.3) is 0 Å². The van der Waals surface area contributed by atoms with Crippen LogP contribution in [-0.4, -0.2) is 47.4 Å². The number of morpholine rings is 1. The summed E-state index contributed by atoms with van der Waals surface area (Å²) in [5.41, 5.74) is 1.20. The van der Waals surface area contributed by atoms with Gasteiger partial charge in [-0.1, -0.05) is 17.3 Å². The van der Waals surface area contributed by atoms with Crippen molar-refractivity contribution in [3.63, 3.8) is 0 Å². The van der Waals surface area contributed by atoms with Crippen molar-refractivity contribution < 1.29 is 14.0 Å². The lowest BCUT2D eigenvalue weighted by molar-refractivity contribution is -0.0755. The highest BCUT2D eigenvalue weighted by Gasteiger charge is 2.34. The molecule has 0 radical (unpaired) electrons. The summed E-state index contributed by atoms with van der Waals surface area (Å²) >= 11 is 0. The molecule has 6 nitrogen and oxygen atoms in total. The van der Waals surface area contributed by atoms with Crippen molar-refractivity contribution in [1.29, 1.82) is 0 Å². The van der Waals surface area contributed by atoms with Crippen LogP contribution in [0, 0.1) is 13.8 Å². The maximum absolute atomic E-state index is 5.87. The highest BCUT2D eigenvalue weighted by Crippen LogP contribution is 2.28. The van der Waals surface area contributed by atoms with Gasteiger partial charge in [-0.3, -0.25) is 4.90 Å². The van der Waals surface area contributed by atoms with Gasteiger partial charge in [-0.2, -0.15) is 4.98 Å². The van der Waals surface area contributed by atoms with E-state index in [0.717, 1.165) is 18.8 Å². The highest BCUT2D eigenvalue weighted by atomic mass is 16.5. The van der Waals surface area contributed by atoms with Gasteiger partial charge in [0.1, 0.15) is 18.4 Å². The zero-order chi connectivity index (χ0) is 16.2. The molecule has 23 heavy (non-hydrogen) atoms. The summed E-state index contributed by atoms with van der Waals surface area (Å²) in [4.78, 5) is 6.66. The summed E-state index contributed by atoms with van der Waals surface area (Å²) in [5, 5.41) is 3.90. The molecule has 0 spiro atoms. The Kier molecular flexibility index (Phi) is 4.93. The topological polar surface area (TPSA) is 60.6 Å². The Morgan fingerprint density at radius 3 is 2.96 bits per heavy atom. The van der Waals surface area contributed by atoms with Gasteiger partial charge in [-0.25, -0.2) is 0 Å². The lowest BCUT2D eigenvalue weighted by Crippen LogP contribution is -2.45. The van der Waals surface area contributed by atoms with E-state index in [4.69, 9.17) is 14.0 Å². The first-order valence-corrected chi connectivity index (χ1v) is 7.99. The fourth-order valence-corrected chi connectivity index (χ4v) is 2.91. The molecule has 2 aromatic rings. The van der Waals surface area contributed by atoms with Crippen molar-refractivity contribution in [2.45, 2.75) is 32.9 Å². The van der Waals surface area contributed by atoms with Crippen molar-refractivity contribution in [3.05, 3.63) is 41.5 Å². The highest BCUT2D eigenvalue weighted by molar-refractivity contribution is 5.27. The fraction of sp³-hybridized carbons (Fsp3) is 0.529. The third-order valence-corrected chi connectivity index (χ3v) is 4.03. The largest absolute Gasteiger partial charge is 0.492 e. The van der Waals surface area contributed by atoms with Crippen molar-refractivity contribution in [3.8, 4) is 5.75 Å². The van der Waals surface area contributed by atoms with Crippen molar-refractivity contribution in [2.24, 2.45) is 0 Å². The second kappa shape index (κ2) is 7.10. The molecule has 1 aromatic heterocycles. The van der Waals surface area contributed by atoms with E-state index in [0.29, 0.717) is 24.9 Å². The number of ether oxygens (including phenoxy) is 2. The minimum atomic E-state index is -0.0222.